The summed E-state index contributed by atoms with van der Waals surface area (Å²) in [5, 5.41) is 3.21. The van der Waals surface area contributed by atoms with Crippen molar-refractivity contribution in [2.75, 3.05) is 6.54 Å². The largest absolute Gasteiger partial charge is 0.466 e. The Morgan fingerprint density at radius 2 is 2.05 bits per heavy atom. The third-order valence-corrected chi connectivity index (χ3v) is 3.42. The van der Waals surface area contributed by atoms with Gasteiger partial charge in [0.15, 0.2) is 0 Å². The van der Waals surface area contributed by atoms with Gasteiger partial charge in [-0.25, -0.2) is 0 Å². The van der Waals surface area contributed by atoms with Crippen molar-refractivity contribution in [2.24, 2.45) is 0 Å². The molecule has 0 aliphatic rings. The van der Waals surface area contributed by atoms with Crippen molar-refractivity contribution in [1.29, 1.82) is 0 Å². The van der Waals surface area contributed by atoms with E-state index in [1.54, 1.807) is 30.5 Å². The van der Waals surface area contributed by atoms with Gasteiger partial charge in [-0.3, -0.25) is 0 Å². The lowest BCUT2D eigenvalue weighted by molar-refractivity contribution is -0.0506. The van der Waals surface area contributed by atoms with E-state index in [-0.39, 0.29) is 11.8 Å². The van der Waals surface area contributed by atoms with Crippen LogP contribution in [0.5, 0.6) is 5.75 Å². The van der Waals surface area contributed by atoms with Gasteiger partial charge >= 0.3 is 6.61 Å². The van der Waals surface area contributed by atoms with E-state index in [0.29, 0.717) is 17.9 Å². The number of halogens is 3. The quantitative estimate of drug-likeness (QED) is 0.845. The van der Waals surface area contributed by atoms with Crippen LogP contribution >= 0.6 is 15.9 Å². The fourth-order valence-corrected chi connectivity index (χ4v) is 2.41. The van der Waals surface area contributed by atoms with E-state index in [4.69, 9.17) is 4.42 Å². The Morgan fingerprint density at radius 1 is 1.30 bits per heavy atom. The molecule has 1 N–H and O–H groups in total. The molecule has 1 atom stereocenters. The standard InChI is InChI=1S/C14H14BrF2NO2/c1-2-18-12(13-10(15)7-8-19-13)9-5-3-4-6-11(9)20-14(16)17/h3-8,12,14,18H,2H2,1H3. The van der Waals surface area contributed by atoms with E-state index in [1.807, 2.05) is 6.92 Å². The Balaban J connectivity index is 2.42. The minimum Gasteiger partial charge on any atom is -0.466 e. The van der Waals surface area contributed by atoms with Gasteiger partial charge in [0.25, 0.3) is 0 Å². The molecule has 0 saturated heterocycles. The molecule has 0 radical (unpaired) electrons. The van der Waals surface area contributed by atoms with Crippen molar-refractivity contribution < 1.29 is 17.9 Å². The average Bonchev–Trinajstić information content (AvgIpc) is 2.82. The summed E-state index contributed by atoms with van der Waals surface area (Å²) in [6.45, 7) is -0.278. The first kappa shape index (κ1) is 15.0. The molecular formula is C14H14BrF2NO2. The lowest BCUT2D eigenvalue weighted by atomic mass is 10.0. The highest BCUT2D eigenvalue weighted by molar-refractivity contribution is 9.10. The number of ether oxygens (including phenoxy) is 1. The minimum atomic E-state index is -2.86. The van der Waals surface area contributed by atoms with E-state index in [9.17, 15) is 8.78 Å². The molecule has 1 aromatic heterocycles. The molecule has 108 valence electrons. The molecule has 0 aliphatic heterocycles. The molecule has 0 bridgehead atoms. The third-order valence-electron chi connectivity index (χ3n) is 2.76. The lowest BCUT2D eigenvalue weighted by Crippen LogP contribution is -2.23. The summed E-state index contributed by atoms with van der Waals surface area (Å²) in [5.74, 6) is 0.758. The predicted octanol–water partition coefficient (Wildman–Crippen LogP) is 4.34. The van der Waals surface area contributed by atoms with Gasteiger partial charge in [0.05, 0.1) is 16.8 Å². The summed E-state index contributed by atoms with van der Waals surface area (Å²) in [6.07, 6.45) is 1.54. The molecule has 2 rings (SSSR count). The second-order valence-electron chi connectivity index (χ2n) is 4.04. The third kappa shape index (κ3) is 3.37. The summed E-state index contributed by atoms with van der Waals surface area (Å²) in [7, 11) is 0. The second kappa shape index (κ2) is 6.85. The van der Waals surface area contributed by atoms with Crippen LogP contribution < -0.4 is 10.1 Å². The Bertz CT molecular complexity index is 560. The van der Waals surface area contributed by atoms with Crippen LogP contribution in [-0.4, -0.2) is 13.2 Å². The molecule has 0 fully saturated rings. The number of alkyl halides is 2. The summed E-state index contributed by atoms with van der Waals surface area (Å²) in [4.78, 5) is 0. The molecule has 0 saturated carbocycles. The minimum absolute atomic E-state index is 0.136. The monoisotopic (exact) mass is 345 g/mol. The van der Waals surface area contributed by atoms with E-state index in [0.717, 1.165) is 4.47 Å². The summed E-state index contributed by atoms with van der Waals surface area (Å²) in [5.41, 5.74) is 0.602. The first-order valence-corrected chi connectivity index (χ1v) is 6.92. The fourth-order valence-electron chi connectivity index (χ4n) is 1.98. The van der Waals surface area contributed by atoms with Gasteiger partial charge in [-0.1, -0.05) is 25.1 Å². The van der Waals surface area contributed by atoms with Crippen LogP contribution in [0.2, 0.25) is 0 Å². The number of benzene rings is 1. The topological polar surface area (TPSA) is 34.4 Å². The van der Waals surface area contributed by atoms with Crippen molar-refractivity contribution in [3.8, 4) is 5.75 Å². The maximum Gasteiger partial charge on any atom is 0.387 e. The van der Waals surface area contributed by atoms with Gasteiger partial charge < -0.3 is 14.5 Å². The number of nitrogens with one attached hydrogen (secondary N) is 1. The van der Waals surface area contributed by atoms with Crippen molar-refractivity contribution >= 4 is 15.9 Å². The summed E-state index contributed by atoms with van der Waals surface area (Å²) < 4.78 is 35.8. The zero-order chi connectivity index (χ0) is 14.5. The Hall–Kier alpha value is -1.40. The van der Waals surface area contributed by atoms with Gasteiger partial charge in [0.1, 0.15) is 11.5 Å². The van der Waals surface area contributed by atoms with Gasteiger partial charge in [-0.15, -0.1) is 0 Å². The maximum absolute atomic E-state index is 12.5. The highest BCUT2D eigenvalue weighted by atomic mass is 79.9. The predicted molar refractivity (Wildman–Crippen MR) is 75.0 cm³/mol. The van der Waals surface area contributed by atoms with Gasteiger partial charge in [-0.05, 0) is 34.6 Å². The number of para-hydroxylation sites is 1. The van der Waals surface area contributed by atoms with Crippen molar-refractivity contribution in [1.82, 2.24) is 5.32 Å². The summed E-state index contributed by atoms with van der Waals surface area (Å²) >= 11 is 3.39. The Labute approximate surface area is 124 Å². The average molecular weight is 346 g/mol. The van der Waals surface area contributed by atoms with E-state index in [2.05, 4.69) is 26.0 Å². The Morgan fingerprint density at radius 3 is 2.65 bits per heavy atom. The van der Waals surface area contributed by atoms with Crippen LogP contribution in [0.15, 0.2) is 45.5 Å². The molecule has 3 nitrogen and oxygen atoms in total. The molecule has 20 heavy (non-hydrogen) atoms. The van der Waals surface area contributed by atoms with Crippen LogP contribution in [0.4, 0.5) is 8.78 Å². The van der Waals surface area contributed by atoms with Crippen molar-refractivity contribution in [3.05, 3.63) is 52.4 Å². The van der Waals surface area contributed by atoms with Crippen molar-refractivity contribution in [2.45, 2.75) is 19.6 Å². The summed E-state index contributed by atoms with van der Waals surface area (Å²) in [6, 6.07) is 8.08. The van der Waals surface area contributed by atoms with E-state index in [1.165, 1.54) is 6.07 Å². The van der Waals surface area contributed by atoms with Gasteiger partial charge in [0.2, 0.25) is 0 Å². The van der Waals surface area contributed by atoms with E-state index >= 15 is 0 Å². The highest BCUT2D eigenvalue weighted by Crippen LogP contribution is 2.34. The molecule has 6 heteroatoms. The zero-order valence-electron chi connectivity index (χ0n) is 10.8. The zero-order valence-corrected chi connectivity index (χ0v) is 12.4. The van der Waals surface area contributed by atoms with Gasteiger partial charge in [0, 0.05) is 5.56 Å². The molecule has 0 amide bonds. The SMILES string of the molecule is CCNC(c1ccccc1OC(F)F)c1occc1Br. The van der Waals surface area contributed by atoms with Gasteiger partial charge in [-0.2, -0.15) is 8.78 Å². The smallest absolute Gasteiger partial charge is 0.387 e. The van der Waals surface area contributed by atoms with Crippen molar-refractivity contribution in [3.63, 3.8) is 0 Å². The van der Waals surface area contributed by atoms with Crippen LogP contribution in [0.3, 0.4) is 0 Å². The number of furan rings is 1. The highest BCUT2D eigenvalue weighted by Gasteiger charge is 2.23. The Kier molecular flexibility index (Phi) is 5.14. The van der Waals surface area contributed by atoms with E-state index < -0.39 is 6.61 Å². The molecule has 1 aromatic carbocycles. The molecule has 1 unspecified atom stereocenters. The molecule has 2 aromatic rings. The lowest BCUT2D eigenvalue weighted by Gasteiger charge is -2.20. The molecule has 0 spiro atoms. The van der Waals surface area contributed by atoms with Crippen LogP contribution in [-0.2, 0) is 0 Å². The number of rotatable bonds is 6. The van der Waals surface area contributed by atoms with Crippen LogP contribution in [0.25, 0.3) is 0 Å². The maximum atomic E-state index is 12.5. The fraction of sp³-hybridized carbons (Fsp3) is 0.286. The number of hydrogen-bond acceptors (Lipinski definition) is 3. The first-order chi connectivity index (χ1) is 9.63. The number of hydrogen-bond donors (Lipinski definition) is 1. The van der Waals surface area contributed by atoms with Crippen LogP contribution in [0.1, 0.15) is 24.3 Å². The first-order valence-electron chi connectivity index (χ1n) is 6.13. The second-order valence-corrected chi connectivity index (χ2v) is 4.89. The normalized spacial score (nSPS) is 12.7. The molecule has 1 heterocycles. The molecular weight excluding hydrogens is 332 g/mol. The molecule has 0 aliphatic carbocycles. The van der Waals surface area contributed by atoms with Crippen LogP contribution in [0, 0.1) is 0 Å².